The molecule has 1 aromatic heterocycles. The van der Waals surface area contributed by atoms with Crippen LogP contribution in [0.2, 0.25) is 0 Å². The summed E-state index contributed by atoms with van der Waals surface area (Å²) in [4.78, 5) is 26.5. The summed E-state index contributed by atoms with van der Waals surface area (Å²) in [6.45, 7) is 5.15. The molecule has 172 valence electrons. The Morgan fingerprint density at radius 2 is 1.97 bits per heavy atom. The van der Waals surface area contributed by atoms with Crippen LogP contribution in [-0.4, -0.2) is 50.8 Å². The van der Waals surface area contributed by atoms with Crippen LogP contribution < -0.4 is 11.1 Å². The van der Waals surface area contributed by atoms with E-state index in [1.165, 1.54) is 27.8 Å². The number of ether oxygens (including phenoxy) is 1. The topological polar surface area (TPSA) is 119 Å². The number of thiophene rings is 1. The van der Waals surface area contributed by atoms with Gasteiger partial charge in [-0.2, -0.15) is 4.31 Å². The Morgan fingerprint density at radius 3 is 2.66 bits per heavy atom. The second-order valence-electron chi connectivity index (χ2n) is 8.37. The number of nitrogens with one attached hydrogen (secondary N) is 1. The zero-order valence-corrected chi connectivity index (χ0v) is 19.8. The normalized spacial score (nSPS) is 19.4. The van der Waals surface area contributed by atoms with Gasteiger partial charge < -0.3 is 15.8 Å². The molecule has 8 nitrogen and oxygen atoms in total. The lowest BCUT2D eigenvalue weighted by Gasteiger charge is -2.26. The fraction of sp³-hybridized carbons (Fsp3) is 0.455. The number of amides is 2. The lowest BCUT2D eigenvalue weighted by atomic mass is 9.88. The lowest BCUT2D eigenvalue weighted by molar-refractivity contribution is 0.0730. The van der Waals surface area contributed by atoms with Crippen molar-refractivity contribution in [3.8, 4) is 0 Å². The quantitative estimate of drug-likeness (QED) is 0.686. The van der Waals surface area contributed by atoms with Gasteiger partial charge in [-0.3, -0.25) is 9.59 Å². The van der Waals surface area contributed by atoms with Crippen LogP contribution in [0, 0.1) is 12.8 Å². The van der Waals surface area contributed by atoms with Crippen molar-refractivity contribution < 1.29 is 22.7 Å². The van der Waals surface area contributed by atoms with E-state index in [1.807, 2.05) is 0 Å². The van der Waals surface area contributed by atoms with E-state index >= 15 is 0 Å². The number of nitrogens with two attached hydrogens (primary N) is 1. The standard InChI is InChI=1S/C22H27N3O5S2/c1-13-3-6-16-18(11-13)31-22(19(16)20(23)26)24-21(27)17-12-15(5-4-14(17)2)32(28,29)25-7-9-30-10-8-25/h4-5,12-13H,3,6-11H2,1-2H3,(H2,23,26)(H,24,27)/t13-/m0/s1. The Bertz CT molecular complexity index is 1170. The van der Waals surface area contributed by atoms with Crippen molar-refractivity contribution in [2.45, 2.75) is 38.0 Å². The van der Waals surface area contributed by atoms with Gasteiger partial charge in [0.2, 0.25) is 10.0 Å². The number of sulfonamides is 1. The SMILES string of the molecule is Cc1ccc(S(=O)(=O)N2CCOCC2)cc1C(=O)Nc1sc2c(c1C(N)=O)CC[C@H](C)C2. The van der Waals surface area contributed by atoms with E-state index in [-0.39, 0.29) is 23.5 Å². The Balaban J connectivity index is 1.65. The highest BCUT2D eigenvalue weighted by Crippen LogP contribution is 2.39. The Kier molecular flexibility index (Phi) is 6.39. The Morgan fingerprint density at radius 1 is 1.25 bits per heavy atom. The van der Waals surface area contributed by atoms with Gasteiger partial charge in [0.1, 0.15) is 5.00 Å². The minimum absolute atomic E-state index is 0.0598. The lowest BCUT2D eigenvalue weighted by Crippen LogP contribution is -2.40. The van der Waals surface area contributed by atoms with E-state index in [0.29, 0.717) is 35.3 Å². The summed E-state index contributed by atoms with van der Waals surface area (Å²) in [6.07, 6.45) is 2.58. The first kappa shape index (κ1) is 22.9. The van der Waals surface area contributed by atoms with Crippen LogP contribution >= 0.6 is 11.3 Å². The molecule has 2 heterocycles. The van der Waals surface area contributed by atoms with Crippen LogP contribution in [0.5, 0.6) is 0 Å². The molecule has 0 bridgehead atoms. The molecule has 0 unspecified atom stereocenters. The maximum Gasteiger partial charge on any atom is 0.256 e. The number of morpholine rings is 1. The van der Waals surface area contributed by atoms with Gasteiger partial charge in [0, 0.05) is 23.5 Å². The molecule has 4 rings (SSSR count). The first-order valence-electron chi connectivity index (χ1n) is 10.6. The molecule has 3 N–H and O–H groups in total. The highest BCUT2D eigenvalue weighted by molar-refractivity contribution is 7.89. The van der Waals surface area contributed by atoms with Crippen LogP contribution in [0.3, 0.4) is 0 Å². The van der Waals surface area contributed by atoms with Gasteiger partial charge >= 0.3 is 0 Å². The van der Waals surface area contributed by atoms with E-state index in [2.05, 4.69) is 12.2 Å². The second kappa shape index (κ2) is 8.93. The number of primary amides is 1. The monoisotopic (exact) mass is 477 g/mol. The smallest absolute Gasteiger partial charge is 0.256 e. The summed E-state index contributed by atoms with van der Waals surface area (Å²) in [5.41, 5.74) is 7.83. The van der Waals surface area contributed by atoms with Gasteiger partial charge in [-0.25, -0.2) is 8.42 Å². The third kappa shape index (κ3) is 4.32. The molecule has 1 atom stereocenters. The Labute approximate surface area is 191 Å². The zero-order chi connectivity index (χ0) is 23.0. The van der Waals surface area contributed by atoms with Crippen molar-refractivity contribution in [3.05, 3.63) is 45.3 Å². The van der Waals surface area contributed by atoms with Crippen molar-refractivity contribution in [2.24, 2.45) is 11.7 Å². The largest absolute Gasteiger partial charge is 0.379 e. The molecular formula is C22H27N3O5S2. The highest BCUT2D eigenvalue weighted by Gasteiger charge is 2.29. The molecule has 0 radical (unpaired) electrons. The van der Waals surface area contributed by atoms with Gasteiger partial charge in [0.15, 0.2) is 0 Å². The van der Waals surface area contributed by atoms with Gasteiger partial charge in [0.25, 0.3) is 11.8 Å². The minimum atomic E-state index is -3.74. The number of hydrogen-bond acceptors (Lipinski definition) is 6. The number of aryl methyl sites for hydroxylation is 1. The summed E-state index contributed by atoms with van der Waals surface area (Å²) < 4.78 is 32.6. The van der Waals surface area contributed by atoms with Crippen LogP contribution in [0.4, 0.5) is 5.00 Å². The number of rotatable bonds is 5. The van der Waals surface area contributed by atoms with Crippen LogP contribution in [0.15, 0.2) is 23.1 Å². The molecule has 1 aromatic carbocycles. The molecule has 0 saturated carbocycles. The number of benzene rings is 1. The second-order valence-corrected chi connectivity index (χ2v) is 11.4. The van der Waals surface area contributed by atoms with Crippen molar-refractivity contribution in [2.75, 3.05) is 31.6 Å². The summed E-state index contributed by atoms with van der Waals surface area (Å²) >= 11 is 1.38. The molecule has 2 aromatic rings. The number of nitrogens with zero attached hydrogens (tertiary/aromatic N) is 1. The van der Waals surface area contributed by atoms with E-state index in [9.17, 15) is 18.0 Å². The van der Waals surface area contributed by atoms with Crippen molar-refractivity contribution in [1.82, 2.24) is 4.31 Å². The molecule has 1 saturated heterocycles. The van der Waals surface area contributed by atoms with E-state index < -0.39 is 21.8 Å². The number of fused-ring (bicyclic) bond motifs is 1. The summed E-state index contributed by atoms with van der Waals surface area (Å²) in [5, 5.41) is 3.26. The van der Waals surface area contributed by atoms with Crippen molar-refractivity contribution >= 4 is 38.2 Å². The average Bonchev–Trinajstić information content (AvgIpc) is 3.11. The highest BCUT2D eigenvalue weighted by atomic mass is 32.2. The van der Waals surface area contributed by atoms with Gasteiger partial charge in [-0.05, 0) is 55.4 Å². The predicted octanol–water partition coefficient (Wildman–Crippen LogP) is 2.55. The molecule has 2 amide bonds. The first-order chi connectivity index (χ1) is 15.2. The first-order valence-corrected chi connectivity index (χ1v) is 12.9. The molecule has 0 spiro atoms. The zero-order valence-electron chi connectivity index (χ0n) is 18.1. The molecule has 10 heteroatoms. The third-order valence-corrected chi connectivity index (χ3v) is 9.11. The van der Waals surface area contributed by atoms with Crippen LogP contribution in [0.1, 0.15) is 50.1 Å². The fourth-order valence-electron chi connectivity index (χ4n) is 4.21. The van der Waals surface area contributed by atoms with Gasteiger partial charge in [0.05, 0.1) is 23.7 Å². The molecule has 1 aliphatic carbocycles. The Hall–Kier alpha value is -2.27. The summed E-state index contributed by atoms with van der Waals surface area (Å²) in [5.74, 6) is -0.516. The van der Waals surface area contributed by atoms with Crippen LogP contribution in [0.25, 0.3) is 0 Å². The van der Waals surface area contributed by atoms with Crippen molar-refractivity contribution in [3.63, 3.8) is 0 Å². The van der Waals surface area contributed by atoms with Crippen molar-refractivity contribution in [1.29, 1.82) is 0 Å². The number of carbonyl (C=O) groups is 2. The predicted molar refractivity (Wildman–Crippen MR) is 123 cm³/mol. The molecular weight excluding hydrogens is 450 g/mol. The molecule has 1 aliphatic heterocycles. The van der Waals surface area contributed by atoms with Gasteiger partial charge in [-0.1, -0.05) is 13.0 Å². The van der Waals surface area contributed by atoms with Crippen LogP contribution in [-0.2, 0) is 27.6 Å². The maximum absolute atomic E-state index is 13.2. The fourth-order valence-corrected chi connectivity index (χ4v) is 7.06. The molecule has 32 heavy (non-hydrogen) atoms. The van der Waals surface area contributed by atoms with E-state index in [1.54, 1.807) is 13.0 Å². The number of carbonyl (C=O) groups excluding carboxylic acids is 2. The maximum atomic E-state index is 13.2. The third-order valence-electron chi connectivity index (χ3n) is 6.05. The van der Waals surface area contributed by atoms with Gasteiger partial charge in [-0.15, -0.1) is 11.3 Å². The summed E-state index contributed by atoms with van der Waals surface area (Å²) in [6, 6.07) is 4.53. The average molecular weight is 478 g/mol. The number of anilines is 1. The number of hydrogen-bond donors (Lipinski definition) is 2. The summed E-state index contributed by atoms with van der Waals surface area (Å²) in [7, 11) is -3.74. The minimum Gasteiger partial charge on any atom is -0.379 e. The van der Waals surface area contributed by atoms with E-state index in [0.717, 1.165) is 29.7 Å². The molecule has 2 aliphatic rings. The van der Waals surface area contributed by atoms with E-state index in [4.69, 9.17) is 10.5 Å². The molecule has 1 fully saturated rings.